The standard InChI is InChI=1S/C16H13F4NO/c17-15(18)12-7-5-11(6-8-12)9-21-22-10-13-3-1-2-4-14(13)16(19)20/h1-9,15-16H,10H2. The summed E-state index contributed by atoms with van der Waals surface area (Å²) in [5.41, 5.74) is 0.747. The monoisotopic (exact) mass is 311 g/mol. The van der Waals surface area contributed by atoms with Gasteiger partial charge in [0.2, 0.25) is 0 Å². The van der Waals surface area contributed by atoms with Gasteiger partial charge in [-0.1, -0.05) is 53.7 Å². The molecule has 22 heavy (non-hydrogen) atoms. The zero-order chi connectivity index (χ0) is 15.9. The highest BCUT2D eigenvalue weighted by molar-refractivity contribution is 5.79. The molecule has 0 aromatic heterocycles. The van der Waals surface area contributed by atoms with E-state index in [4.69, 9.17) is 4.84 Å². The molecular weight excluding hydrogens is 298 g/mol. The van der Waals surface area contributed by atoms with Crippen LogP contribution in [0.5, 0.6) is 0 Å². The maximum atomic E-state index is 12.7. The number of oxime groups is 1. The van der Waals surface area contributed by atoms with Gasteiger partial charge < -0.3 is 4.84 Å². The van der Waals surface area contributed by atoms with Crippen LogP contribution in [0.1, 0.15) is 35.1 Å². The molecule has 2 aromatic rings. The van der Waals surface area contributed by atoms with Crippen LogP contribution in [0.25, 0.3) is 0 Å². The summed E-state index contributed by atoms with van der Waals surface area (Å²) in [5.74, 6) is 0. The molecule has 0 saturated heterocycles. The lowest BCUT2D eigenvalue weighted by Crippen LogP contribution is -1.96. The van der Waals surface area contributed by atoms with Crippen molar-refractivity contribution in [3.8, 4) is 0 Å². The normalized spacial score (nSPS) is 11.5. The minimum absolute atomic E-state index is 0.0797. The van der Waals surface area contributed by atoms with Crippen molar-refractivity contribution in [3.63, 3.8) is 0 Å². The number of halogens is 4. The Morgan fingerprint density at radius 2 is 1.59 bits per heavy atom. The Labute approximate surface area is 125 Å². The smallest absolute Gasteiger partial charge is 0.264 e. The largest absolute Gasteiger partial charge is 0.391 e. The second-order valence-electron chi connectivity index (χ2n) is 4.47. The van der Waals surface area contributed by atoms with Crippen LogP contribution in [0.15, 0.2) is 53.7 Å². The molecule has 0 radical (unpaired) electrons. The minimum Gasteiger partial charge on any atom is -0.391 e. The fourth-order valence-electron chi connectivity index (χ4n) is 1.81. The molecule has 0 heterocycles. The van der Waals surface area contributed by atoms with Crippen LogP contribution in [0, 0.1) is 0 Å². The van der Waals surface area contributed by atoms with E-state index in [1.165, 1.54) is 48.7 Å². The average Bonchev–Trinajstić information content (AvgIpc) is 2.52. The van der Waals surface area contributed by atoms with Crippen molar-refractivity contribution < 1.29 is 22.4 Å². The molecule has 0 N–H and O–H groups in total. The maximum Gasteiger partial charge on any atom is 0.264 e. The lowest BCUT2D eigenvalue weighted by Gasteiger charge is -2.06. The number of rotatable bonds is 6. The molecule has 2 rings (SSSR count). The molecule has 2 aromatic carbocycles. The molecule has 0 aliphatic carbocycles. The summed E-state index contributed by atoms with van der Waals surface area (Å²) in [6.45, 7) is -0.0911. The molecule has 0 aliphatic heterocycles. The Hall–Kier alpha value is -2.37. The lowest BCUT2D eigenvalue weighted by molar-refractivity contribution is 0.120. The van der Waals surface area contributed by atoms with Gasteiger partial charge in [-0.25, -0.2) is 17.6 Å². The second kappa shape index (κ2) is 7.59. The second-order valence-corrected chi connectivity index (χ2v) is 4.47. The highest BCUT2D eigenvalue weighted by atomic mass is 19.3. The molecule has 0 saturated carbocycles. The van der Waals surface area contributed by atoms with E-state index < -0.39 is 12.9 Å². The van der Waals surface area contributed by atoms with Gasteiger partial charge >= 0.3 is 0 Å². The van der Waals surface area contributed by atoms with Crippen LogP contribution in [0.2, 0.25) is 0 Å². The van der Waals surface area contributed by atoms with Gasteiger partial charge in [-0.05, 0) is 5.56 Å². The molecule has 0 amide bonds. The van der Waals surface area contributed by atoms with E-state index in [1.54, 1.807) is 6.07 Å². The maximum absolute atomic E-state index is 12.7. The third-order valence-corrected chi connectivity index (χ3v) is 2.97. The van der Waals surface area contributed by atoms with Crippen molar-refractivity contribution in [2.75, 3.05) is 0 Å². The third-order valence-electron chi connectivity index (χ3n) is 2.97. The molecule has 0 unspecified atom stereocenters. The van der Waals surface area contributed by atoms with Gasteiger partial charge in [-0.15, -0.1) is 0 Å². The van der Waals surface area contributed by atoms with E-state index in [2.05, 4.69) is 5.16 Å². The molecule has 0 bridgehead atoms. The number of hydrogen-bond donors (Lipinski definition) is 0. The van der Waals surface area contributed by atoms with Crippen molar-refractivity contribution in [2.24, 2.45) is 5.16 Å². The van der Waals surface area contributed by atoms with Crippen LogP contribution in [0.3, 0.4) is 0 Å². The summed E-state index contributed by atoms with van der Waals surface area (Å²) in [4.78, 5) is 4.98. The van der Waals surface area contributed by atoms with E-state index >= 15 is 0 Å². The van der Waals surface area contributed by atoms with Gasteiger partial charge in [0.25, 0.3) is 12.9 Å². The van der Waals surface area contributed by atoms with Gasteiger partial charge in [0.1, 0.15) is 6.61 Å². The Bertz CT molecular complexity index is 626. The average molecular weight is 311 g/mol. The van der Waals surface area contributed by atoms with Gasteiger partial charge in [0.15, 0.2) is 0 Å². The SMILES string of the molecule is FC(F)c1ccc(C=NOCc2ccccc2C(F)F)cc1. The molecular formula is C16H13F4NO. The van der Waals surface area contributed by atoms with E-state index in [0.717, 1.165) is 0 Å². The predicted molar refractivity (Wildman–Crippen MR) is 75.2 cm³/mol. The zero-order valence-corrected chi connectivity index (χ0v) is 11.4. The fraction of sp³-hybridized carbons (Fsp3) is 0.188. The van der Waals surface area contributed by atoms with Gasteiger partial charge in [-0.3, -0.25) is 0 Å². The molecule has 0 aliphatic rings. The zero-order valence-electron chi connectivity index (χ0n) is 11.4. The molecule has 6 heteroatoms. The molecule has 116 valence electrons. The van der Waals surface area contributed by atoms with Crippen molar-refractivity contribution in [2.45, 2.75) is 19.5 Å². The number of nitrogens with zero attached hydrogens (tertiary/aromatic N) is 1. The summed E-state index contributed by atoms with van der Waals surface area (Å²) < 4.78 is 50.3. The summed E-state index contributed by atoms with van der Waals surface area (Å²) in [6.07, 6.45) is -3.76. The van der Waals surface area contributed by atoms with Crippen molar-refractivity contribution in [1.82, 2.24) is 0 Å². The summed E-state index contributed by atoms with van der Waals surface area (Å²) in [5, 5.41) is 3.65. The first-order valence-electron chi connectivity index (χ1n) is 6.47. The van der Waals surface area contributed by atoms with E-state index in [-0.39, 0.29) is 17.7 Å². The van der Waals surface area contributed by atoms with E-state index in [1.807, 2.05) is 0 Å². The summed E-state index contributed by atoms with van der Waals surface area (Å²) in [7, 11) is 0. The van der Waals surface area contributed by atoms with Crippen LogP contribution in [-0.4, -0.2) is 6.21 Å². The van der Waals surface area contributed by atoms with Crippen molar-refractivity contribution in [1.29, 1.82) is 0 Å². The first-order valence-corrected chi connectivity index (χ1v) is 6.47. The topological polar surface area (TPSA) is 21.6 Å². The van der Waals surface area contributed by atoms with Gasteiger partial charge in [0.05, 0.1) is 6.21 Å². The van der Waals surface area contributed by atoms with Crippen LogP contribution >= 0.6 is 0 Å². The first kappa shape index (κ1) is 16.0. The van der Waals surface area contributed by atoms with Crippen molar-refractivity contribution in [3.05, 3.63) is 70.8 Å². The number of alkyl halides is 4. The van der Waals surface area contributed by atoms with E-state index in [0.29, 0.717) is 11.1 Å². The van der Waals surface area contributed by atoms with Crippen molar-refractivity contribution >= 4 is 6.21 Å². The van der Waals surface area contributed by atoms with E-state index in [9.17, 15) is 17.6 Å². The Morgan fingerprint density at radius 3 is 2.23 bits per heavy atom. The van der Waals surface area contributed by atoms with Crippen LogP contribution in [0.4, 0.5) is 17.6 Å². The third kappa shape index (κ3) is 4.31. The highest BCUT2D eigenvalue weighted by Gasteiger charge is 2.11. The summed E-state index contributed by atoms with van der Waals surface area (Å²) >= 11 is 0. The molecule has 2 nitrogen and oxygen atoms in total. The van der Waals surface area contributed by atoms with Crippen LogP contribution in [-0.2, 0) is 11.4 Å². The Morgan fingerprint density at radius 1 is 0.909 bits per heavy atom. The molecule has 0 spiro atoms. The van der Waals surface area contributed by atoms with Crippen LogP contribution < -0.4 is 0 Å². The molecule has 0 fully saturated rings. The quantitative estimate of drug-likeness (QED) is 0.412. The number of hydrogen-bond acceptors (Lipinski definition) is 2. The van der Waals surface area contributed by atoms with Gasteiger partial charge in [-0.2, -0.15) is 0 Å². The van der Waals surface area contributed by atoms with Gasteiger partial charge in [0, 0.05) is 16.7 Å². The predicted octanol–water partition coefficient (Wildman–Crippen LogP) is 5.11. The first-order chi connectivity index (χ1) is 10.6. The Kier molecular flexibility index (Phi) is 5.52. The molecule has 0 atom stereocenters. The number of benzene rings is 2. The summed E-state index contributed by atoms with van der Waals surface area (Å²) in [6, 6.07) is 11.6. The fourth-order valence-corrected chi connectivity index (χ4v) is 1.81. The highest BCUT2D eigenvalue weighted by Crippen LogP contribution is 2.23. The lowest BCUT2D eigenvalue weighted by atomic mass is 10.1. The Balaban J connectivity index is 1.93. The minimum atomic E-state index is -2.58.